The van der Waals surface area contributed by atoms with Gasteiger partial charge in [0, 0.05) is 6.08 Å². The van der Waals surface area contributed by atoms with Crippen LogP contribution < -0.4 is 0 Å². The van der Waals surface area contributed by atoms with Gasteiger partial charge >= 0.3 is 5.97 Å². The minimum Gasteiger partial charge on any atom is -0.458 e. The van der Waals surface area contributed by atoms with Gasteiger partial charge in [0.1, 0.15) is 12.2 Å². The van der Waals surface area contributed by atoms with Gasteiger partial charge in [-0.15, -0.1) is 0 Å². The highest BCUT2D eigenvalue weighted by Crippen LogP contribution is 2.46. The van der Waals surface area contributed by atoms with E-state index in [9.17, 15) is 4.79 Å². The van der Waals surface area contributed by atoms with E-state index < -0.39 is 5.97 Å². The van der Waals surface area contributed by atoms with E-state index in [1.807, 2.05) is 38.1 Å². The first-order chi connectivity index (χ1) is 8.08. The molecule has 0 aliphatic carbocycles. The predicted octanol–water partition coefficient (Wildman–Crippen LogP) is 2.55. The molecule has 0 aromatic heterocycles. The quantitative estimate of drug-likeness (QED) is 0.455. The molecule has 1 aliphatic heterocycles. The lowest BCUT2D eigenvalue weighted by Gasteiger charge is -2.12. The Hall–Kier alpha value is -1.61. The second-order valence-corrected chi connectivity index (χ2v) is 4.34. The number of epoxide rings is 1. The summed E-state index contributed by atoms with van der Waals surface area (Å²) in [7, 11) is 0. The smallest absolute Gasteiger partial charge is 0.330 e. The zero-order chi connectivity index (χ0) is 12.5. The van der Waals surface area contributed by atoms with Crippen LogP contribution >= 0.6 is 0 Å². The van der Waals surface area contributed by atoms with Gasteiger partial charge in [-0.05, 0) is 25.0 Å². The van der Waals surface area contributed by atoms with Crippen molar-refractivity contribution in [2.24, 2.45) is 0 Å². The van der Waals surface area contributed by atoms with E-state index in [0.29, 0.717) is 0 Å². The second-order valence-electron chi connectivity index (χ2n) is 4.34. The number of ether oxygens (including phenoxy) is 2. The molecule has 1 fully saturated rings. The molecule has 1 aromatic carbocycles. The van der Waals surface area contributed by atoms with Crippen molar-refractivity contribution in [3.8, 4) is 0 Å². The summed E-state index contributed by atoms with van der Waals surface area (Å²) in [5, 5.41) is 0. The Kier molecular flexibility index (Phi) is 3.03. The number of esters is 1. The summed E-state index contributed by atoms with van der Waals surface area (Å²) in [5.41, 5.74) is 1.83. The Morgan fingerprint density at radius 1 is 1.59 bits per heavy atom. The van der Waals surface area contributed by atoms with E-state index in [-0.39, 0.29) is 18.3 Å². The highest BCUT2D eigenvalue weighted by Gasteiger charge is 2.51. The predicted molar refractivity (Wildman–Crippen MR) is 64.3 cm³/mol. The Bertz CT molecular complexity index is 453. The maximum atomic E-state index is 11.1. The van der Waals surface area contributed by atoms with Gasteiger partial charge < -0.3 is 9.47 Å². The third-order valence-corrected chi connectivity index (χ3v) is 3.23. The number of hydrogen-bond acceptors (Lipinski definition) is 3. The maximum absolute atomic E-state index is 11.1. The minimum atomic E-state index is -0.408. The second kappa shape index (κ2) is 4.34. The van der Waals surface area contributed by atoms with Crippen LogP contribution in [0.25, 0.3) is 0 Å². The molecule has 1 heterocycles. The molecule has 1 aliphatic rings. The van der Waals surface area contributed by atoms with Crippen LogP contribution in [0, 0.1) is 0 Å². The Balaban J connectivity index is 2.17. The molecule has 0 radical (unpaired) electrons. The van der Waals surface area contributed by atoms with E-state index in [4.69, 9.17) is 9.47 Å². The third-order valence-electron chi connectivity index (χ3n) is 3.23. The molecule has 17 heavy (non-hydrogen) atoms. The Labute approximate surface area is 101 Å². The maximum Gasteiger partial charge on any atom is 0.330 e. The van der Waals surface area contributed by atoms with Crippen molar-refractivity contribution in [2.75, 3.05) is 0 Å². The highest BCUT2D eigenvalue weighted by atomic mass is 16.6. The molecule has 0 amide bonds. The van der Waals surface area contributed by atoms with E-state index >= 15 is 0 Å². The molecule has 1 aromatic rings. The Morgan fingerprint density at radius 3 is 2.82 bits per heavy atom. The van der Waals surface area contributed by atoms with Crippen LogP contribution in [-0.2, 0) is 26.5 Å². The van der Waals surface area contributed by atoms with Gasteiger partial charge in [-0.25, -0.2) is 4.79 Å². The largest absolute Gasteiger partial charge is 0.458 e. The van der Waals surface area contributed by atoms with Crippen LogP contribution in [-0.4, -0.2) is 12.1 Å². The van der Waals surface area contributed by atoms with Gasteiger partial charge in [0.05, 0.1) is 6.10 Å². The summed E-state index contributed by atoms with van der Waals surface area (Å²) in [5.74, 6) is -0.408. The molecule has 90 valence electrons. The minimum absolute atomic E-state index is 0.207. The zero-order valence-corrected chi connectivity index (χ0v) is 10.1. The van der Waals surface area contributed by atoms with E-state index in [2.05, 4.69) is 6.58 Å². The van der Waals surface area contributed by atoms with Crippen molar-refractivity contribution >= 4 is 5.97 Å². The fourth-order valence-corrected chi connectivity index (χ4v) is 1.95. The highest BCUT2D eigenvalue weighted by molar-refractivity contribution is 5.81. The van der Waals surface area contributed by atoms with E-state index in [0.717, 1.165) is 11.1 Å². The molecule has 2 unspecified atom stereocenters. The summed E-state index contributed by atoms with van der Waals surface area (Å²) >= 11 is 0. The molecule has 2 rings (SSSR count). The van der Waals surface area contributed by atoms with Gasteiger partial charge in [0.2, 0.25) is 0 Å². The summed E-state index contributed by atoms with van der Waals surface area (Å²) in [6.07, 6.45) is 1.37. The molecule has 1 saturated heterocycles. The number of hydrogen-bond donors (Lipinski definition) is 0. The van der Waals surface area contributed by atoms with Gasteiger partial charge in [-0.1, -0.05) is 30.8 Å². The number of rotatable bonds is 4. The molecule has 3 nitrogen and oxygen atoms in total. The fraction of sp³-hybridized carbons (Fsp3) is 0.357. The third kappa shape index (κ3) is 2.24. The van der Waals surface area contributed by atoms with Crippen molar-refractivity contribution in [3.63, 3.8) is 0 Å². The van der Waals surface area contributed by atoms with Gasteiger partial charge in [-0.3, -0.25) is 0 Å². The monoisotopic (exact) mass is 232 g/mol. The van der Waals surface area contributed by atoms with Crippen molar-refractivity contribution in [2.45, 2.75) is 32.2 Å². The Morgan fingerprint density at radius 2 is 2.24 bits per heavy atom. The van der Waals surface area contributed by atoms with Gasteiger partial charge in [0.15, 0.2) is 0 Å². The molecular weight excluding hydrogens is 216 g/mol. The first-order valence-electron chi connectivity index (χ1n) is 5.63. The standard InChI is InChI=1S/C14H16O3/c1-4-13(15)16-9-11-7-5-6-8-12(11)14(3)10(2)17-14/h4-8,10H,1,9H2,2-3H3. The average molecular weight is 232 g/mol. The lowest BCUT2D eigenvalue weighted by molar-refractivity contribution is -0.139. The topological polar surface area (TPSA) is 38.8 Å². The zero-order valence-electron chi connectivity index (χ0n) is 10.1. The lowest BCUT2D eigenvalue weighted by Crippen LogP contribution is -2.11. The normalized spacial score (nSPS) is 26.4. The number of benzene rings is 1. The summed E-state index contributed by atoms with van der Waals surface area (Å²) in [6.45, 7) is 7.71. The molecule has 0 saturated carbocycles. The van der Waals surface area contributed by atoms with Crippen molar-refractivity contribution in [1.29, 1.82) is 0 Å². The summed E-state index contributed by atoms with van der Waals surface area (Å²) < 4.78 is 10.7. The van der Waals surface area contributed by atoms with E-state index in [1.165, 1.54) is 6.08 Å². The van der Waals surface area contributed by atoms with Crippen LogP contribution in [0.4, 0.5) is 0 Å². The molecular formula is C14H16O3. The molecule has 0 spiro atoms. The first-order valence-corrected chi connectivity index (χ1v) is 5.63. The molecule has 2 atom stereocenters. The lowest BCUT2D eigenvalue weighted by atomic mass is 9.93. The van der Waals surface area contributed by atoms with Crippen molar-refractivity contribution < 1.29 is 14.3 Å². The SMILES string of the molecule is C=CC(=O)OCc1ccccc1C1(C)OC1C. The fourth-order valence-electron chi connectivity index (χ4n) is 1.95. The van der Waals surface area contributed by atoms with Crippen molar-refractivity contribution in [1.82, 2.24) is 0 Å². The molecule has 3 heteroatoms. The van der Waals surface area contributed by atoms with Crippen LogP contribution in [0.1, 0.15) is 25.0 Å². The van der Waals surface area contributed by atoms with E-state index in [1.54, 1.807) is 0 Å². The summed E-state index contributed by atoms with van der Waals surface area (Å²) in [4.78, 5) is 11.1. The van der Waals surface area contributed by atoms with Crippen LogP contribution in [0.5, 0.6) is 0 Å². The first kappa shape index (κ1) is 11.9. The van der Waals surface area contributed by atoms with Gasteiger partial charge in [-0.2, -0.15) is 0 Å². The summed E-state index contributed by atoms with van der Waals surface area (Å²) in [6, 6.07) is 7.86. The van der Waals surface area contributed by atoms with Crippen LogP contribution in [0.2, 0.25) is 0 Å². The average Bonchev–Trinajstić information content (AvgIpc) is 2.96. The molecule has 0 bridgehead atoms. The number of carbonyl (C=O) groups is 1. The number of carbonyl (C=O) groups excluding carboxylic acids is 1. The molecule has 0 N–H and O–H groups in total. The van der Waals surface area contributed by atoms with Crippen molar-refractivity contribution in [3.05, 3.63) is 48.0 Å². The van der Waals surface area contributed by atoms with Crippen LogP contribution in [0.3, 0.4) is 0 Å². The van der Waals surface area contributed by atoms with Crippen LogP contribution in [0.15, 0.2) is 36.9 Å². The van der Waals surface area contributed by atoms with Gasteiger partial charge in [0.25, 0.3) is 0 Å².